The average molecular weight is 391 g/mol. The van der Waals surface area contributed by atoms with Gasteiger partial charge in [-0.2, -0.15) is 0 Å². The molecule has 0 aliphatic heterocycles. The number of rotatable bonds is 9. The summed E-state index contributed by atoms with van der Waals surface area (Å²) in [5.74, 6) is 3.11. The van der Waals surface area contributed by atoms with Gasteiger partial charge in [-0.05, 0) is 24.3 Å². The van der Waals surface area contributed by atoms with Gasteiger partial charge >= 0.3 is 0 Å². The molecule has 0 spiro atoms. The van der Waals surface area contributed by atoms with E-state index in [4.69, 9.17) is 9.47 Å². The summed E-state index contributed by atoms with van der Waals surface area (Å²) in [6.07, 6.45) is 3.55. The summed E-state index contributed by atoms with van der Waals surface area (Å²) >= 11 is 0. The second kappa shape index (κ2) is 8.54. The SMILES string of the molecule is C[Si](C)(C)Nc1ncccc1OCCOc1cccnc1N[Si](C)(C)C. The molecule has 0 aliphatic carbocycles. The molecule has 8 heteroatoms. The number of aromatic nitrogens is 2. The van der Waals surface area contributed by atoms with E-state index in [1.54, 1.807) is 12.4 Å². The largest absolute Gasteiger partial charge is 0.486 e. The van der Waals surface area contributed by atoms with Gasteiger partial charge in [-0.15, -0.1) is 0 Å². The van der Waals surface area contributed by atoms with Gasteiger partial charge in [0.05, 0.1) is 0 Å². The quantitative estimate of drug-likeness (QED) is 0.488. The lowest BCUT2D eigenvalue weighted by Gasteiger charge is -2.22. The van der Waals surface area contributed by atoms with E-state index in [1.165, 1.54) is 0 Å². The van der Waals surface area contributed by atoms with E-state index in [-0.39, 0.29) is 0 Å². The van der Waals surface area contributed by atoms with Crippen LogP contribution >= 0.6 is 0 Å². The fourth-order valence-electron chi connectivity index (χ4n) is 2.22. The lowest BCUT2D eigenvalue weighted by molar-refractivity contribution is 0.218. The first-order valence-corrected chi connectivity index (χ1v) is 15.9. The second-order valence-electron chi connectivity index (χ2n) is 8.15. The Bertz CT molecular complexity index is 653. The molecule has 0 aromatic carbocycles. The highest BCUT2D eigenvalue weighted by atomic mass is 28.3. The number of ether oxygens (including phenoxy) is 2. The van der Waals surface area contributed by atoms with Gasteiger partial charge in [-0.1, -0.05) is 39.3 Å². The first-order chi connectivity index (χ1) is 12.1. The fraction of sp³-hybridized carbons (Fsp3) is 0.444. The molecule has 26 heavy (non-hydrogen) atoms. The molecule has 2 rings (SSSR count). The maximum absolute atomic E-state index is 5.89. The third kappa shape index (κ3) is 7.05. The van der Waals surface area contributed by atoms with Crippen molar-refractivity contribution in [3.8, 4) is 11.5 Å². The molecule has 142 valence electrons. The van der Waals surface area contributed by atoms with E-state index >= 15 is 0 Å². The van der Waals surface area contributed by atoms with Gasteiger partial charge in [0.15, 0.2) is 23.1 Å². The van der Waals surface area contributed by atoms with Crippen LogP contribution in [-0.2, 0) is 0 Å². The van der Waals surface area contributed by atoms with Gasteiger partial charge in [0.2, 0.25) is 0 Å². The van der Waals surface area contributed by atoms with Crippen molar-refractivity contribution in [3.05, 3.63) is 36.7 Å². The molecule has 0 saturated carbocycles. The summed E-state index contributed by atoms with van der Waals surface area (Å²) in [6.45, 7) is 14.2. The minimum absolute atomic E-state index is 0.438. The molecule has 0 saturated heterocycles. The van der Waals surface area contributed by atoms with Crippen molar-refractivity contribution in [2.24, 2.45) is 0 Å². The zero-order valence-corrected chi connectivity index (χ0v) is 18.6. The number of nitrogens with zero attached hydrogens (tertiary/aromatic N) is 2. The summed E-state index contributed by atoms with van der Waals surface area (Å²) in [5.41, 5.74) is 0. The predicted molar refractivity (Wildman–Crippen MR) is 113 cm³/mol. The van der Waals surface area contributed by atoms with Crippen LogP contribution in [0.2, 0.25) is 39.3 Å². The van der Waals surface area contributed by atoms with E-state index in [0.717, 1.165) is 23.1 Å². The third-order valence-electron chi connectivity index (χ3n) is 3.13. The van der Waals surface area contributed by atoms with Gasteiger partial charge in [0, 0.05) is 12.4 Å². The molecule has 6 nitrogen and oxygen atoms in total. The zero-order valence-electron chi connectivity index (χ0n) is 16.6. The van der Waals surface area contributed by atoms with Crippen LogP contribution < -0.4 is 19.4 Å². The van der Waals surface area contributed by atoms with E-state index < -0.39 is 16.5 Å². The Morgan fingerprint density at radius 3 is 1.46 bits per heavy atom. The van der Waals surface area contributed by atoms with Crippen LogP contribution in [0.4, 0.5) is 11.6 Å². The predicted octanol–water partition coefficient (Wildman–Crippen LogP) is 4.43. The Hall–Kier alpha value is -2.07. The maximum Gasteiger partial charge on any atom is 0.160 e. The molecule has 0 bridgehead atoms. The first kappa shape index (κ1) is 20.2. The Labute approximate surface area is 158 Å². The normalized spacial score (nSPS) is 11.8. The Kier molecular flexibility index (Phi) is 6.65. The zero-order chi connectivity index (χ0) is 19.2. The van der Waals surface area contributed by atoms with E-state index in [1.807, 2.05) is 24.3 Å². The van der Waals surface area contributed by atoms with Crippen molar-refractivity contribution in [3.63, 3.8) is 0 Å². The van der Waals surface area contributed by atoms with Crippen molar-refractivity contribution in [1.82, 2.24) is 9.97 Å². The highest BCUT2D eigenvalue weighted by Gasteiger charge is 2.17. The van der Waals surface area contributed by atoms with Crippen LogP contribution in [0.1, 0.15) is 0 Å². The molecule has 2 N–H and O–H groups in total. The Morgan fingerprint density at radius 1 is 0.731 bits per heavy atom. The van der Waals surface area contributed by atoms with Crippen LogP contribution in [0.25, 0.3) is 0 Å². The third-order valence-corrected chi connectivity index (χ3v) is 5.10. The number of hydrogen-bond donors (Lipinski definition) is 2. The lowest BCUT2D eigenvalue weighted by atomic mass is 10.4. The summed E-state index contributed by atoms with van der Waals surface area (Å²) in [6, 6.07) is 7.61. The highest BCUT2D eigenvalue weighted by Crippen LogP contribution is 2.25. The van der Waals surface area contributed by atoms with E-state index in [9.17, 15) is 0 Å². The Morgan fingerprint density at radius 2 is 1.12 bits per heavy atom. The molecule has 0 atom stereocenters. The number of hydrogen-bond acceptors (Lipinski definition) is 6. The number of pyridine rings is 2. The molecule has 2 heterocycles. The second-order valence-corrected chi connectivity index (χ2v) is 17.6. The fourth-order valence-corrected chi connectivity index (χ4v) is 4.01. The van der Waals surface area contributed by atoms with Crippen LogP contribution in [-0.4, -0.2) is 39.7 Å². The maximum atomic E-state index is 5.89. The average Bonchev–Trinajstić information content (AvgIpc) is 2.51. The van der Waals surface area contributed by atoms with Crippen molar-refractivity contribution in [2.75, 3.05) is 23.2 Å². The summed E-state index contributed by atoms with van der Waals surface area (Å²) in [5, 5.41) is 0. The standard InChI is InChI=1S/C18H30N4O2Si2/c1-25(2,3)21-17-15(9-7-11-19-17)23-13-14-24-16-10-8-12-20-18(16)22-26(4,5)6/h7-12H,13-14H2,1-6H3,(H,19,21)(H,20,22). The summed E-state index contributed by atoms with van der Waals surface area (Å²) in [4.78, 5) is 15.8. The van der Waals surface area contributed by atoms with Gasteiger partial charge in [0.1, 0.15) is 29.7 Å². The molecular formula is C18H30N4O2Si2. The van der Waals surface area contributed by atoms with Crippen molar-refractivity contribution in [2.45, 2.75) is 39.3 Å². The highest BCUT2D eigenvalue weighted by molar-refractivity contribution is 6.79. The minimum Gasteiger partial charge on any atom is -0.486 e. The van der Waals surface area contributed by atoms with Gasteiger partial charge < -0.3 is 19.4 Å². The number of anilines is 2. The Balaban J connectivity index is 1.92. The first-order valence-electron chi connectivity index (χ1n) is 8.86. The van der Waals surface area contributed by atoms with Crippen LogP contribution in [0.3, 0.4) is 0 Å². The molecule has 0 unspecified atom stereocenters. The van der Waals surface area contributed by atoms with Crippen molar-refractivity contribution >= 4 is 28.1 Å². The van der Waals surface area contributed by atoms with Gasteiger partial charge in [-0.3, -0.25) is 0 Å². The molecule has 0 amide bonds. The summed E-state index contributed by atoms with van der Waals surface area (Å²) < 4.78 is 11.8. The molecule has 0 aliphatic rings. The molecule has 0 radical (unpaired) electrons. The minimum atomic E-state index is -1.50. The summed E-state index contributed by atoms with van der Waals surface area (Å²) in [7, 11) is -2.99. The molecule has 2 aromatic heterocycles. The van der Waals surface area contributed by atoms with Crippen LogP contribution in [0, 0.1) is 0 Å². The number of nitrogens with one attached hydrogen (secondary N) is 2. The van der Waals surface area contributed by atoms with Crippen LogP contribution in [0.15, 0.2) is 36.7 Å². The molecule has 2 aromatic rings. The molecule has 0 fully saturated rings. The molecular weight excluding hydrogens is 360 g/mol. The lowest BCUT2D eigenvalue weighted by Crippen LogP contribution is -2.33. The monoisotopic (exact) mass is 390 g/mol. The van der Waals surface area contributed by atoms with Gasteiger partial charge in [0.25, 0.3) is 0 Å². The van der Waals surface area contributed by atoms with E-state index in [0.29, 0.717) is 13.2 Å². The topological polar surface area (TPSA) is 68.3 Å². The van der Waals surface area contributed by atoms with Gasteiger partial charge in [-0.25, -0.2) is 9.97 Å². The van der Waals surface area contributed by atoms with E-state index in [2.05, 4.69) is 59.2 Å². The van der Waals surface area contributed by atoms with Crippen molar-refractivity contribution in [1.29, 1.82) is 0 Å². The van der Waals surface area contributed by atoms with Crippen LogP contribution in [0.5, 0.6) is 11.5 Å². The smallest absolute Gasteiger partial charge is 0.160 e. The van der Waals surface area contributed by atoms with Crippen molar-refractivity contribution < 1.29 is 9.47 Å².